The van der Waals surface area contributed by atoms with Crippen molar-refractivity contribution in [1.82, 2.24) is 0 Å². The molecular weight excluding hydrogens is 355 g/mol. The Morgan fingerprint density at radius 2 is 1.62 bits per heavy atom. The van der Waals surface area contributed by atoms with Gasteiger partial charge in [-0.1, -0.05) is 51.8 Å². The molecule has 0 fully saturated rings. The van der Waals surface area contributed by atoms with Gasteiger partial charge in [0.25, 0.3) is 0 Å². The number of halogens is 3. The lowest BCUT2D eigenvalue weighted by molar-refractivity contribution is 0.103. The number of ketones is 1. The molecule has 104 valence electrons. The van der Waals surface area contributed by atoms with E-state index in [2.05, 4.69) is 15.9 Å². The molecule has 0 aliphatic heterocycles. The predicted octanol–water partition coefficient (Wildman–Crippen LogP) is 5.63. The van der Waals surface area contributed by atoms with Crippen molar-refractivity contribution >= 4 is 44.1 Å². The van der Waals surface area contributed by atoms with Crippen LogP contribution in [0.3, 0.4) is 0 Å². The van der Waals surface area contributed by atoms with E-state index in [0.717, 1.165) is 10.8 Å². The van der Waals surface area contributed by atoms with Crippen molar-refractivity contribution < 1.29 is 9.18 Å². The van der Waals surface area contributed by atoms with Crippen molar-refractivity contribution in [3.63, 3.8) is 0 Å². The Morgan fingerprint density at radius 1 is 0.952 bits per heavy atom. The van der Waals surface area contributed by atoms with Crippen molar-refractivity contribution in [2.45, 2.75) is 0 Å². The number of carbonyl (C=O) groups is 1. The summed E-state index contributed by atoms with van der Waals surface area (Å²) in [5.74, 6) is -0.902. The van der Waals surface area contributed by atoms with E-state index < -0.39 is 5.82 Å². The maximum atomic E-state index is 14.0. The summed E-state index contributed by atoms with van der Waals surface area (Å²) >= 11 is 9.32. The number of fused-ring (bicyclic) bond motifs is 1. The Labute approximate surface area is 134 Å². The van der Waals surface area contributed by atoms with E-state index in [-0.39, 0.29) is 11.3 Å². The third kappa shape index (κ3) is 2.59. The molecule has 0 amide bonds. The summed E-state index contributed by atoms with van der Waals surface area (Å²) in [6.45, 7) is 0. The zero-order valence-electron chi connectivity index (χ0n) is 10.7. The van der Waals surface area contributed by atoms with Crippen LogP contribution in [0.5, 0.6) is 0 Å². The second-order valence-corrected chi connectivity index (χ2v) is 5.92. The van der Waals surface area contributed by atoms with E-state index in [1.165, 1.54) is 12.1 Å². The molecule has 0 aromatic heterocycles. The van der Waals surface area contributed by atoms with Gasteiger partial charge in [0, 0.05) is 20.4 Å². The Bertz CT molecular complexity index is 861. The molecule has 0 unspecified atom stereocenters. The summed E-state index contributed by atoms with van der Waals surface area (Å²) in [6, 6.07) is 15.0. The Balaban J connectivity index is 2.21. The van der Waals surface area contributed by atoms with Crippen LogP contribution in [0.2, 0.25) is 5.02 Å². The minimum Gasteiger partial charge on any atom is -0.288 e. The standard InChI is InChI=1S/C17H9BrClFO/c18-10-5-6-14(16(20)9-10)17(21)13-7-8-15(19)12-4-2-1-3-11(12)13/h1-9H. The molecule has 0 saturated heterocycles. The first-order valence-corrected chi connectivity index (χ1v) is 7.42. The molecule has 0 saturated carbocycles. The molecule has 0 aliphatic carbocycles. The summed E-state index contributed by atoms with van der Waals surface area (Å²) in [7, 11) is 0. The lowest BCUT2D eigenvalue weighted by Crippen LogP contribution is -2.05. The highest BCUT2D eigenvalue weighted by Crippen LogP contribution is 2.28. The van der Waals surface area contributed by atoms with Crippen LogP contribution in [0, 0.1) is 5.82 Å². The summed E-state index contributed by atoms with van der Waals surface area (Å²) < 4.78 is 14.6. The van der Waals surface area contributed by atoms with Gasteiger partial charge in [0.1, 0.15) is 5.82 Å². The summed E-state index contributed by atoms with van der Waals surface area (Å²) in [5, 5.41) is 2.07. The zero-order chi connectivity index (χ0) is 15.0. The molecule has 21 heavy (non-hydrogen) atoms. The topological polar surface area (TPSA) is 17.1 Å². The van der Waals surface area contributed by atoms with Crippen molar-refractivity contribution in [2.75, 3.05) is 0 Å². The van der Waals surface area contributed by atoms with Gasteiger partial charge in [0.2, 0.25) is 0 Å². The summed E-state index contributed by atoms with van der Waals surface area (Å²) in [5.41, 5.74) is 0.488. The van der Waals surface area contributed by atoms with Crippen molar-refractivity contribution in [1.29, 1.82) is 0 Å². The maximum absolute atomic E-state index is 14.0. The monoisotopic (exact) mass is 362 g/mol. The van der Waals surface area contributed by atoms with Crippen LogP contribution in [-0.2, 0) is 0 Å². The first kappa shape index (κ1) is 14.2. The number of hydrogen-bond acceptors (Lipinski definition) is 1. The molecule has 0 bridgehead atoms. The van der Waals surface area contributed by atoms with E-state index >= 15 is 0 Å². The Morgan fingerprint density at radius 3 is 2.33 bits per heavy atom. The van der Waals surface area contributed by atoms with E-state index in [1.807, 2.05) is 24.3 Å². The smallest absolute Gasteiger partial charge is 0.196 e. The van der Waals surface area contributed by atoms with Crippen LogP contribution in [-0.4, -0.2) is 5.78 Å². The molecular formula is C17H9BrClFO. The van der Waals surface area contributed by atoms with Gasteiger partial charge in [-0.15, -0.1) is 0 Å². The molecule has 0 aliphatic rings. The maximum Gasteiger partial charge on any atom is 0.196 e. The van der Waals surface area contributed by atoms with Gasteiger partial charge < -0.3 is 0 Å². The molecule has 3 rings (SSSR count). The van der Waals surface area contributed by atoms with Crippen LogP contribution >= 0.6 is 27.5 Å². The van der Waals surface area contributed by atoms with Crippen LogP contribution in [0.4, 0.5) is 4.39 Å². The molecule has 0 N–H and O–H groups in total. The van der Waals surface area contributed by atoms with Gasteiger partial charge in [-0.05, 0) is 35.7 Å². The third-order valence-corrected chi connectivity index (χ3v) is 4.11. The Hall–Kier alpha value is -1.71. The first-order chi connectivity index (χ1) is 10.1. The molecule has 0 radical (unpaired) electrons. The molecule has 1 nitrogen and oxygen atoms in total. The van der Waals surface area contributed by atoms with E-state index in [4.69, 9.17) is 11.6 Å². The second-order valence-electron chi connectivity index (χ2n) is 4.59. The van der Waals surface area contributed by atoms with Gasteiger partial charge in [-0.2, -0.15) is 0 Å². The number of carbonyl (C=O) groups excluding carboxylic acids is 1. The zero-order valence-corrected chi connectivity index (χ0v) is 13.1. The van der Waals surface area contributed by atoms with E-state index in [9.17, 15) is 9.18 Å². The highest BCUT2D eigenvalue weighted by atomic mass is 79.9. The molecule has 0 spiro atoms. The van der Waals surface area contributed by atoms with Crippen LogP contribution in [0.15, 0.2) is 59.1 Å². The predicted molar refractivity (Wildman–Crippen MR) is 86.5 cm³/mol. The average molecular weight is 364 g/mol. The highest BCUT2D eigenvalue weighted by molar-refractivity contribution is 9.10. The van der Waals surface area contributed by atoms with Gasteiger partial charge in [-0.3, -0.25) is 4.79 Å². The van der Waals surface area contributed by atoms with E-state index in [0.29, 0.717) is 15.1 Å². The normalized spacial score (nSPS) is 10.8. The molecule has 0 heterocycles. The number of hydrogen-bond donors (Lipinski definition) is 0. The molecule has 3 aromatic rings. The van der Waals surface area contributed by atoms with Crippen molar-refractivity contribution in [3.8, 4) is 0 Å². The third-order valence-electron chi connectivity index (χ3n) is 3.29. The van der Waals surface area contributed by atoms with E-state index in [1.54, 1.807) is 18.2 Å². The fraction of sp³-hybridized carbons (Fsp3) is 0. The minimum atomic E-state index is -0.548. The van der Waals surface area contributed by atoms with Gasteiger partial charge in [0.05, 0.1) is 5.56 Å². The van der Waals surface area contributed by atoms with Crippen LogP contribution in [0.25, 0.3) is 10.8 Å². The number of rotatable bonds is 2. The molecule has 0 atom stereocenters. The lowest BCUT2D eigenvalue weighted by atomic mass is 9.97. The number of benzene rings is 3. The summed E-state index contributed by atoms with van der Waals surface area (Å²) in [6.07, 6.45) is 0. The Kier molecular flexibility index (Phi) is 3.79. The first-order valence-electron chi connectivity index (χ1n) is 6.25. The largest absolute Gasteiger partial charge is 0.288 e. The SMILES string of the molecule is O=C(c1ccc(Br)cc1F)c1ccc(Cl)c2ccccc12. The fourth-order valence-corrected chi connectivity index (χ4v) is 2.84. The summed E-state index contributed by atoms with van der Waals surface area (Å²) in [4.78, 5) is 12.6. The fourth-order valence-electron chi connectivity index (χ4n) is 2.28. The highest BCUT2D eigenvalue weighted by Gasteiger charge is 2.17. The van der Waals surface area contributed by atoms with Crippen molar-refractivity contribution in [2.24, 2.45) is 0 Å². The van der Waals surface area contributed by atoms with Gasteiger partial charge >= 0.3 is 0 Å². The average Bonchev–Trinajstić information content (AvgIpc) is 2.47. The second kappa shape index (κ2) is 5.58. The van der Waals surface area contributed by atoms with Gasteiger partial charge in [0.15, 0.2) is 5.78 Å². The quantitative estimate of drug-likeness (QED) is 0.540. The van der Waals surface area contributed by atoms with Crippen LogP contribution in [0.1, 0.15) is 15.9 Å². The lowest BCUT2D eigenvalue weighted by Gasteiger charge is -2.08. The molecule has 4 heteroatoms. The van der Waals surface area contributed by atoms with Crippen molar-refractivity contribution in [3.05, 3.63) is 81.0 Å². The minimum absolute atomic E-state index is 0.0469. The van der Waals surface area contributed by atoms with Gasteiger partial charge in [-0.25, -0.2) is 4.39 Å². The van der Waals surface area contributed by atoms with Crippen LogP contribution < -0.4 is 0 Å². The molecule has 3 aromatic carbocycles.